The van der Waals surface area contributed by atoms with E-state index in [1.54, 1.807) is 0 Å². The van der Waals surface area contributed by atoms with Crippen LogP contribution in [0.3, 0.4) is 0 Å². The van der Waals surface area contributed by atoms with Crippen molar-refractivity contribution in [3.05, 3.63) is 0 Å². The molecule has 0 aromatic rings. The highest BCUT2D eigenvalue weighted by Crippen LogP contribution is 2.15. The molecule has 1 aliphatic heterocycles. The summed E-state index contributed by atoms with van der Waals surface area (Å²) in [4.78, 5) is 9.95. The molecule has 0 aliphatic carbocycles. The maximum atomic E-state index is 9.95. The van der Waals surface area contributed by atoms with Crippen molar-refractivity contribution >= 4 is 6.29 Å². The fourth-order valence-corrected chi connectivity index (χ4v) is 1.12. The number of hydrogen-bond acceptors (Lipinski definition) is 3. The van der Waals surface area contributed by atoms with Crippen molar-refractivity contribution in [2.45, 2.75) is 19.4 Å². The molecule has 1 heterocycles. The van der Waals surface area contributed by atoms with Gasteiger partial charge >= 0.3 is 0 Å². The highest BCUT2D eigenvalue weighted by molar-refractivity contribution is 5.49. The summed E-state index contributed by atoms with van der Waals surface area (Å²) in [5, 5.41) is 0. The van der Waals surface area contributed by atoms with Crippen molar-refractivity contribution in [1.82, 2.24) is 0 Å². The van der Waals surface area contributed by atoms with Crippen LogP contribution >= 0.6 is 0 Å². The Hall–Kier alpha value is -0.410. The second-order valence-electron chi connectivity index (χ2n) is 2.88. The van der Waals surface area contributed by atoms with E-state index in [1.165, 1.54) is 0 Å². The Balaban J connectivity index is 2.10. The lowest BCUT2D eigenvalue weighted by atomic mass is 10.1. The van der Waals surface area contributed by atoms with Crippen molar-refractivity contribution in [2.24, 2.45) is 5.92 Å². The van der Waals surface area contributed by atoms with Crippen molar-refractivity contribution in [3.63, 3.8) is 0 Å². The van der Waals surface area contributed by atoms with E-state index in [0.29, 0.717) is 25.6 Å². The maximum Gasteiger partial charge on any atom is 0.122 e. The molecule has 1 rings (SSSR count). The van der Waals surface area contributed by atoms with E-state index in [1.807, 2.05) is 0 Å². The van der Waals surface area contributed by atoms with Crippen molar-refractivity contribution in [3.8, 4) is 0 Å². The highest BCUT2D eigenvalue weighted by Gasteiger charge is 2.24. The van der Waals surface area contributed by atoms with Gasteiger partial charge in [-0.15, -0.1) is 0 Å². The number of rotatable bonds is 4. The fraction of sp³-hybridized carbons (Fsp3) is 0.875. The molecule has 1 fully saturated rings. The molecule has 1 unspecified atom stereocenters. The van der Waals surface area contributed by atoms with Crippen LogP contribution in [-0.2, 0) is 14.3 Å². The normalized spacial score (nSPS) is 30.6. The number of carbonyl (C=O) groups excluding carboxylic acids is 1. The van der Waals surface area contributed by atoms with E-state index in [-0.39, 0.29) is 6.10 Å². The zero-order valence-electron chi connectivity index (χ0n) is 6.79. The molecule has 0 radical (unpaired) electrons. The SMILES string of the molecule is C[C@H]1COCC1OCCC=O. The third-order valence-electron chi connectivity index (χ3n) is 1.87. The van der Waals surface area contributed by atoms with Crippen LogP contribution in [0.4, 0.5) is 0 Å². The lowest BCUT2D eigenvalue weighted by Gasteiger charge is -2.12. The molecular formula is C8H14O3. The Bertz CT molecular complexity index is 125. The first-order valence-electron chi connectivity index (χ1n) is 3.97. The maximum absolute atomic E-state index is 9.95. The predicted molar refractivity (Wildman–Crippen MR) is 40.4 cm³/mol. The van der Waals surface area contributed by atoms with Gasteiger partial charge in [-0.3, -0.25) is 0 Å². The monoisotopic (exact) mass is 158 g/mol. The van der Waals surface area contributed by atoms with E-state index >= 15 is 0 Å². The second-order valence-corrected chi connectivity index (χ2v) is 2.88. The van der Waals surface area contributed by atoms with Gasteiger partial charge in [0.15, 0.2) is 0 Å². The van der Waals surface area contributed by atoms with Gasteiger partial charge in [-0.1, -0.05) is 6.92 Å². The van der Waals surface area contributed by atoms with E-state index in [2.05, 4.69) is 6.92 Å². The summed E-state index contributed by atoms with van der Waals surface area (Å²) in [6.07, 6.45) is 1.57. The lowest BCUT2D eigenvalue weighted by molar-refractivity contribution is -0.109. The fourth-order valence-electron chi connectivity index (χ4n) is 1.12. The van der Waals surface area contributed by atoms with Crippen LogP contribution in [0.1, 0.15) is 13.3 Å². The summed E-state index contributed by atoms with van der Waals surface area (Å²) >= 11 is 0. The molecule has 0 N–H and O–H groups in total. The second kappa shape index (κ2) is 4.46. The molecule has 1 aliphatic rings. The molecule has 3 nitrogen and oxygen atoms in total. The molecule has 0 bridgehead atoms. The average molecular weight is 158 g/mol. The highest BCUT2D eigenvalue weighted by atomic mass is 16.5. The van der Waals surface area contributed by atoms with Crippen LogP contribution in [-0.4, -0.2) is 32.2 Å². The van der Waals surface area contributed by atoms with Gasteiger partial charge in [0.05, 0.1) is 25.9 Å². The van der Waals surface area contributed by atoms with Gasteiger partial charge in [0.2, 0.25) is 0 Å². The first kappa shape index (κ1) is 8.68. The zero-order chi connectivity index (χ0) is 8.10. The van der Waals surface area contributed by atoms with Crippen LogP contribution in [0.5, 0.6) is 0 Å². The Labute approximate surface area is 66.7 Å². The van der Waals surface area contributed by atoms with Gasteiger partial charge in [-0.2, -0.15) is 0 Å². The van der Waals surface area contributed by atoms with Crippen LogP contribution in [0, 0.1) is 5.92 Å². The molecule has 2 atom stereocenters. The standard InChI is InChI=1S/C8H14O3/c1-7-5-10-6-8(7)11-4-2-3-9/h3,7-8H,2,4-6H2,1H3/t7-,8?/m0/s1. The molecular weight excluding hydrogens is 144 g/mol. The van der Waals surface area contributed by atoms with Crippen molar-refractivity contribution in [2.75, 3.05) is 19.8 Å². The quantitative estimate of drug-likeness (QED) is 0.444. The summed E-state index contributed by atoms with van der Waals surface area (Å²) in [7, 11) is 0. The third-order valence-corrected chi connectivity index (χ3v) is 1.87. The van der Waals surface area contributed by atoms with E-state index < -0.39 is 0 Å². The molecule has 0 amide bonds. The molecule has 11 heavy (non-hydrogen) atoms. The Kier molecular flexibility index (Phi) is 3.52. The van der Waals surface area contributed by atoms with Crippen LogP contribution < -0.4 is 0 Å². The van der Waals surface area contributed by atoms with Crippen molar-refractivity contribution < 1.29 is 14.3 Å². The first-order chi connectivity index (χ1) is 5.34. The van der Waals surface area contributed by atoms with Crippen LogP contribution in [0.15, 0.2) is 0 Å². The van der Waals surface area contributed by atoms with Gasteiger partial charge in [0.1, 0.15) is 6.29 Å². The van der Waals surface area contributed by atoms with Crippen LogP contribution in [0.2, 0.25) is 0 Å². The number of hydrogen-bond donors (Lipinski definition) is 0. The number of aldehydes is 1. The summed E-state index contributed by atoms with van der Waals surface area (Å²) in [5.74, 6) is 0.474. The summed E-state index contributed by atoms with van der Waals surface area (Å²) in [5.41, 5.74) is 0. The van der Waals surface area contributed by atoms with E-state index in [9.17, 15) is 4.79 Å². The predicted octanol–water partition coefficient (Wildman–Crippen LogP) is 0.627. The average Bonchev–Trinajstić information content (AvgIpc) is 2.37. The van der Waals surface area contributed by atoms with Gasteiger partial charge in [-0.25, -0.2) is 0 Å². The molecule has 1 saturated heterocycles. The summed E-state index contributed by atoms with van der Waals surface area (Å²) < 4.78 is 10.6. The smallest absolute Gasteiger partial charge is 0.122 e. The Morgan fingerprint density at radius 3 is 3.00 bits per heavy atom. The molecule has 3 heteroatoms. The van der Waals surface area contributed by atoms with Gasteiger partial charge in [-0.05, 0) is 0 Å². The molecule has 0 aromatic carbocycles. The Morgan fingerprint density at radius 2 is 2.45 bits per heavy atom. The van der Waals surface area contributed by atoms with Gasteiger partial charge in [0, 0.05) is 12.3 Å². The lowest BCUT2D eigenvalue weighted by Crippen LogP contribution is -2.20. The number of carbonyl (C=O) groups is 1. The van der Waals surface area contributed by atoms with Gasteiger partial charge in [0.25, 0.3) is 0 Å². The summed E-state index contributed by atoms with van der Waals surface area (Å²) in [6.45, 7) is 4.09. The molecule has 0 spiro atoms. The third kappa shape index (κ3) is 2.60. The largest absolute Gasteiger partial charge is 0.378 e. The minimum Gasteiger partial charge on any atom is -0.378 e. The van der Waals surface area contributed by atoms with Gasteiger partial charge < -0.3 is 14.3 Å². The van der Waals surface area contributed by atoms with E-state index in [0.717, 1.165) is 12.9 Å². The minimum atomic E-state index is 0.204. The Morgan fingerprint density at radius 1 is 1.64 bits per heavy atom. The zero-order valence-corrected chi connectivity index (χ0v) is 6.79. The molecule has 64 valence electrons. The molecule has 0 saturated carbocycles. The minimum absolute atomic E-state index is 0.204. The topological polar surface area (TPSA) is 35.5 Å². The number of ether oxygens (including phenoxy) is 2. The molecule has 0 aromatic heterocycles. The van der Waals surface area contributed by atoms with Crippen molar-refractivity contribution in [1.29, 1.82) is 0 Å². The summed E-state index contributed by atoms with van der Waals surface area (Å²) in [6, 6.07) is 0. The van der Waals surface area contributed by atoms with Crippen LogP contribution in [0.25, 0.3) is 0 Å². The van der Waals surface area contributed by atoms with E-state index in [4.69, 9.17) is 9.47 Å². The first-order valence-corrected chi connectivity index (χ1v) is 3.97.